The number of rotatable bonds is 3. The Kier molecular flexibility index (Phi) is 3.52. The molecular weight excluding hydrogens is 258 g/mol. The number of benzene rings is 2. The predicted molar refractivity (Wildman–Crippen MR) is 88.2 cm³/mol. The van der Waals surface area contributed by atoms with Gasteiger partial charge in [0.15, 0.2) is 0 Å². The van der Waals surface area contributed by atoms with Gasteiger partial charge < -0.3 is 10.3 Å². The third-order valence-corrected chi connectivity index (χ3v) is 3.89. The smallest absolute Gasteiger partial charge is 0.141 e. The lowest BCUT2D eigenvalue weighted by atomic mass is 10.1. The molecule has 3 heteroatoms. The molecule has 2 N–H and O–H groups in total. The van der Waals surface area contributed by atoms with Crippen molar-refractivity contribution in [1.82, 2.24) is 9.55 Å². The van der Waals surface area contributed by atoms with E-state index in [1.54, 1.807) is 0 Å². The van der Waals surface area contributed by atoms with E-state index < -0.39 is 0 Å². The molecule has 1 heterocycles. The van der Waals surface area contributed by atoms with Crippen LogP contribution in [0.2, 0.25) is 0 Å². The Morgan fingerprint density at radius 2 is 1.90 bits per heavy atom. The first kappa shape index (κ1) is 13.8. The fraction of sp³-hybridized carbons (Fsp3) is 0.278. The van der Waals surface area contributed by atoms with Crippen LogP contribution in [0.5, 0.6) is 0 Å². The minimum absolute atomic E-state index is 0.355. The summed E-state index contributed by atoms with van der Waals surface area (Å²) >= 11 is 0. The summed E-state index contributed by atoms with van der Waals surface area (Å²) in [5, 5.41) is 0. The van der Waals surface area contributed by atoms with Crippen LogP contribution in [0.1, 0.15) is 31.0 Å². The fourth-order valence-electron chi connectivity index (χ4n) is 2.81. The van der Waals surface area contributed by atoms with Crippen molar-refractivity contribution >= 4 is 11.0 Å². The highest BCUT2D eigenvalue weighted by molar-refractivity contribution is 5.82. The van der Waals surface area contributed by atoms with E-state index in [9.17, 15) is 0 Å². The molecule has 0 atom stereocenters. The van der Waals surface area contributed by atoms with Gasteiger partial charge in [0, 0.05) is 18.2 Å². The summed E-state index contributed by atoms with van der Waals surface area (Å²) in [5.74, 6) is 1.03. The van der Waals surface area contributed by atoms with Gasteiger partial charge in [-0.1, -0.05) is 30.3 Å². The Balaban J connectivity index is 2.31. The minimum Gasteiger partial charge on any atom is -0.326 e. The first-order valence-electron chi connectivity index (χ1n) is 7.38. The van der Waals surface area contributed by atoms with Gasteiger partial charge in [-0.3, -0.25) is 0 Å². The van der Waals surface area contributed by atoms with Gasteiger partial charge in [-0.05, 0) is 44.0 Å². The van der Waals surface area contributed by atoms with Gasteiger partial charge in [-0.15, -0.1) is 0 Å². The van der Waals surface area contributed by atoms with Crippen LogP contribution in [0.4, 0.5) is 0 Å². The van der Waals surface area contributed by atoms with Crippen LogP contribution in [0.3, 0.4) is 0 Å². The fourth-order valence-corrected chi connectivity index (χ4v) is 2.81. The number of nitrogens with two attached hydrogens (primary N) is 1. The highest BCUT2D eigenvalue weighted by Crippen LogP contribution is 2.30. The summed E-state index contributed by atoms with van der Waals surface area (Å²) in [6.07, 6.45) is 0. The minimum atomic E-state index is 0.355. The molecule has 0 unspecified atom stereocenters. The van der Waals surface area contributed by atoms with Gasteiger partial charge in [0.2, 0.25) is 0 Å². The van der Waals surface area contributed by atoms with E-state index in [0.29, 0.717) is 12.6 Å². The summed E-state index contributed by atoms with van der Waals surface area (Å²) in [6.45, 7) is 7.06. The van der Waals surface area contributed by atoms with Crippen LogP contribution in [0.15, 0.2) is 42.5 Å². The quantitative estimate of drug-likeness (QED) is 0.786. The largest absolute Gasteiger partial charge is 0.326 e. The van der Waals surface area contributed by atoms with Crippen LogP contribution in [0.25, 0.3) is 22.4 Å². The SMILES string of the molecule is Cc1ccccc1-c1nc2cc(CN)ccc2n1C(C)C. The van der Waals surface area contributed by atoms with E-state index in [4.69, 9.17) is 10.7 Å². The lowest BCUT2D eigenvalue weighted by molar-refractivity contribution is 0.624. The molecule has 0 spiro atoms. The van der Waals surface area contributed by atoms with E-state index in [1.165, 1.54) is 16.6 Å². The Labute approximate surface area is 125 Å². The highest BCUT2D eigenvalue weighted by Gasteiger charge is 2.16. The first-order valence-corrected chi connectivity index (χ1v) is 7.38. The Hall–Kier alpha value is -2.13. The number of hydrogen-bond donors (Lipinski definition) is 1. The van der Waals surface area contributed by atoms with Crippen LogP contribution in [-0.4, -0.2) is 9.55 Å². The predicted octanol–water partition coefficient (Wildman–Crippen LogP) is 4.05. The summed E-state index contributed by atoms with van der Waals surface area (Å²) in [5.41, 5.74) is 11.5. The summed E-state index contributed by atoms with van der Waals surface area (Å²) < 4.78 is 2.30. The summed E-state index contributed by atoms with van der Waals surface area (Å²) in [7, 11) is 0. The van der Waals surface area contributed by atoms with Gasteiger partial charge >= 0.3 is 0 Å². The second-order valence-electron chi connectivity index (χ2n) is 5.74. The maximum atomic E-state index is 5.75. The third-order valence-electron chi connectivity index (χ3n) is 3.89. The standard InChI is InChI=1S/C18H21N3/c1-12(2)21-17-9-8-14(11-19)10-16(17)20-18(21)15-7-5-4-6-13(15)3/h4-10,12H,11,19H2,1-3H3. The number of aryl methyl sites for hydroxylation is 1. The van der Waals surface area contributed by atoms with Crippen molar-refractivity contribution in [3.8, 4) is 11.4 Å². The van der Waals surface area contributed by atoms with E-state index in [0.717, 1.165) is 16.9 Å². The molecule has 0 fully saturated rings. The Morgan fingerprint density at radius 1 is 1.14 bits per heavy atom. The van der Waals surface area contributed by atoms with Crippen molar-refractivity contribution in [2.75, 3.05) is 0 Å². The van der Waals surface area contributed by atoms with Gasteiger partial charge in [-0.2, -0.15) is 0 Å². The van der Waals surface area contributed by atoms with Crippen molar-refractivity contribution in [2.24, 2.45) is 5.73 Å². The molecule has 0 amide bonds. The molecule has 0 aliphatic carbocycles. The van der Waals surface area contributed by atoms with Crippen LogP contribution >= 0.6 is 0 Å². The number of imidazole rings is 1. The van der Waals surface area contributed by atoms with Crippen molar-refractivity contribution in [3.05, 3.63) is 53.6 Å². The zero-order valence-electron chi connectivity index (χ0n) is 12.8. The Morgan fingerprint density at radius 3 is 2.57 bits per heavy atom. The molecule has 0 saturated heterocycles. The molecule has 0 aliphatic heterocycles. The first-order chi connectivity index (χ1) is 10.1. The monoisotopic (exact) mass is 279 g/mol. The van der Waals surface area contributed by atoms with Crippen LogP contribution in [-0.2, 0) is 6.54 Å². The van der Waals surface area contributed by atoms with Gasteiger partial charge in [-0.25, -0.2) is 4.98 Å². The topological polar surface area (TPSA) is 43.8 Å². The summed E-state index contributed by atoms with van der Waals surface area (Å²) in [4.78, 5) is 4.88. The zero-order chi connectivity index (χ0) is 15.0. The molecule has 3 nitrogen and oxygen atoms in total. The van der Waals surface area contributed by atoms with Crippen LogP contribution in [0, 0.1) is 6.92 Å². The molecule has 21 heavy (non-hydrogen) atoms. The van der Waals surface area contributed by atoms with Crippen molar-refractivity contribution in [1.29, 1.82) is 0 Å². The molecule has 2 aromatic carbocycles. The highest BCUT2D eigenvalue weighted by atomic mass is 15.1. The van der Waals surface area contributed by atoms with Gasteiger partial charge in [0.25, 0.3) is 0 Å². The maximum Gasteiger partial charge on any atom is 0.141 e. The molecule has 0 aliphatic rings. The maximum absolute atomic E-state index is 5.75. The van der Waals surface area contributed by atoms with Gasteiger partial charge in [0.1, 0.15) is 5.82 Å². The average Bonchev–Trinajstić information content (AvgIpc) is 2.85. The van der Waals surface area contributed by atoms with E-state index in [1.807, 2.05) is 0 Å². The third kappa shape index (κ3) is 2.34. The zero-order valence-corrected chi connectivity index (χ0v) is 12.8. The summed E-state index contributed by atoms with van der Waals surface area (Å²) in [6, 6.07) is 15.1. The second kappa shape index (κ2) is 5.34. The number of fused-ring (bicyclic) bond motifs is 1. The Bertz CT molecular complexity index is 784. The van der Waals surface area contributed by atoms with Crippen molar-refractivity contribution < 1.29 is 0 Å². The molecule has 1 aromatic heterocycles. The number of hydrogen-bond acceptors (Lipinski definition) is 2. The van der Waals surface area contributed by atoms with Crippen molar-refractivity contribution in [3.63, 3.8) is 0 Å². The normalized spacial score (nSPS) is 11.5. The molecule has 0 bridgehead atoms. The number of aromatic nitrogens is 2. The van der Waals surface area contributed by atoms with Crippen LogP contribution < -0.4 is 5.73 Å². The van der Waals surface area contributed by atoms with E-state index in [-0.39, 0.29) is 0 Å². The van der Waals surface area contributed by atoms with E-state index in [2.05, 4.69) is 67.8 Å². The molecule has 0 radical (unpaired) electrons. The van der Waals surface area contributed by atoms with Gasteiger partial charge in [0.05, 0.1) is 11.0 Å². The molecule has 3 rings (SSSR count). The molecule has 0 saturated carbocycles. The molecule has 3 aromatic rings. The lowest BCUT2D eigenvalue weighted by Gasteiger charge is -2.14. The second-order valence-corrected chi connectivity index (χ2v) is 5.74. The average molecular weight is 279 g/mol. The van der Waals surface area contributed by atoms with Crippen molar-refractivity contribution in [2.45, 2.75) is 33.4 Å². The van der Waals surface area contributed by atoms with E-state index >= 15 is 0 Å². The number of nitrogens with zero attached hydrogens (tertiary/aromatic N) is 2. The lowest BCUT2D eigenvalue weighted by Crippen LogP contribution is -2.04. The molecule has 108 valence electrons. The molecular formula is C18H21N3.